The third-order valence-electron chi connectivity index (χ3n) is 4.09. The van der Waals surface area contributed by atoms with Crippen molar-refractivity contribution in [2.45, 2.75) is 0 Å². The summed E-state index contributed by atoms with van der Waals surface area (Å²) in [6, 6.07) is 13.1. The highest BCUT2D eigenvalue weighted by atomic mass is 16.5. The van der Waals surface area contributed by atoms with E-state index in [1.54, 1.807) is 51.5 Å². The maximum absolute atomic E-state index is 12.6. The maximum atomic E-state index is 12.6. The monoisotopic (exact) mass is 352 g/mol. The molecule has 3 rings (SSSR count). The van der Waals surface area contributed by atoms with E-state index in [1.807, 2.05) is 30.3 Å². The summed E-state index contributed by atoms with van der Waals surface area (Å²) >= 11 is 0. The number of hydrogen-bond donors (Lipinski definition) is 0. The largest absolute Gasteiger partial charge is 0.493 e. The molecular formula is C20H20N2O4. The molecule has 2 aromatic carbocycles. The van der Waals surface area contributed by atoms with Gasteiger partial charge in [-0.05, 0) is 23.8 Å². The molecule has 0 fully saturated rings. The highest BCUT2D eigenvalue weighted by Crippen LogP contribution is 2.39. The Hall–Kier alpha value is -3.28. The quantitative estimate of drug-likeness (QED) is 0.776. The Kier molecular flexibility index (Phi) is 4.93. The van der Waals surface area contributed by atoms with Gasteiger partial charge in [0, 0.05) is 12.6 Å². The topological polar surface area (TPSA) is 60.4 Å². The second-order valence-electron chi connectivity index (χ2n) is 5.65. The molecule has 1 heterocycles. The molecule has 0 atom stereocenters. The van der Waals surface area contributed by atoms with Gasteiger partial charge in [0.2, 0.25) is 5.75 Å². The summed E-state index contributed by atoms with van der Waals surface area (Å²) in [5.41, 5.74) is 1.96. The van der Waals surface area contributed by atoms with E-state index in [1.165, 1.54) is 0 Å². The molecule has 1 amide bonds. The molecule has 0 bridgehead atoms. The standard InChI is InChI=1S/C20H20N2O4/c1-22-19(14-8-6-5-7-9-14)21-15(20(22)23)10-13-11-16(24-2)18(26-4)17(12-13)25-3/h5-12H,1-4H3/b15-10-. The van der Waals surface area contributed by atoms with Crippen molar-refractivity contribution in [2.24, 2.45) is 4.99 Å². The Morgan fingerprint density at radius 2 is 1.58 bits per heavy atom. The summed E-state index contributed by atoms with van der Waals surface area (Å²) in [5, 5.41) is 0. The van der Waals surface area contributed by atoms with Crippen LogP contribution in [0.3, 0.4) is 0 Å². The molecule has 0 saturated heterocycles. The van der Waals surface area contributed by atoms with Gasteiger partial charge in [-0.15, -0.1) is 0 Å². The van der Waals surface area contributed by atoms with E-state index in [-0.39, 0.29) is 5.91 Å². The van der Waals surface area contributed by atoms with Crippen molar-refractivity contribution in [1.29, 1.82) is 0 Å². The first-order chi connectivity index (χ1) is 12.6. The smallest absolute Gasteiger partial charge is 0.277 e. The molecular weight excluding hydrogens is 332 g/mol. The van der Waals surface area contributed by atoms with Crippen LogP contribution in [0.5, 0.6) is 17.2 Å². The summed E-state index contributed by atoms with van der Waals surface area (Å²) in [4.78, 5) is 18.6. The SMILES string of the molecule is COc1cc(/C=C2\N=C(c3ccccc3)N(C)C2=O)cc(OC)c1OC. The minimum atomic E-state index is -0.169. The Balaban J connectivity index is 2.04. The Morgan fingerprint density at radius 3 is 2.12 bits per heavy atom. The van der Waals surface area contributed by atoms with Crippen LogP contribution in [0.25, 0.3) is 6.08 Å². The normalized spacial score (nSPS) is 15.2. The Labute approximate surface area is 152 Å². The Morgan fingerprint density at radius 1 is 0.962 bits per heavy atom. The Bertz CT molecular complexity index is 863. The molecule has 0 radical (unpaired) electrons. The van der Waals surface area contributed by atoms with E-state index in [0.717, 1.165) is 11.1 Å². The average molecular weight is 352 g/mol. The van der Waals surface area contributed by atoms with Crippen LogP contribution in [0.1, 0.15) is 11.1 Å². The molecule has 0 aromatic heterocycles. The zero-order valence-electron chi connectivity index (χ0n) is 15.1. The molecule has 134 valence electrons. The van der Waals surface area contributed by atoms with Crippen LogP contribution in [0.4, 0.5) is 0 Å². The van der Waals surface area contributed by atoms with Crippen molar-refractivity contribution in [1.82, 2.24) is 4.90 Å². The number of likely N-dealkylation sites (N-methyl/N-ethyl adjacent to an activating group) is 1. The summed E-state index contributed by atoms with van der Waals surface area (Å²) in [6.07, 6.45) is 1.71. The second kappa shape index (κ2) is 7.31. The van der Waals surface area contributed by atoms with E-state index < -0.39 is 0 Å². The van der Waals surface area contributed by atoms with E-state index in [4.69, 9.17) is 14.2 Å². The fourth-order valence-electron chi connectivity index (χ4n) is 2.79. The number of methoxy groups -OCH3 is 3. The number of aliphatic imine (C=N–C) groups is 1. The molecule has 0 aliphatic carbocycles. The predicted molar refractivity (Wildman–Crippen MR) is 99.8 cm³/mol. The van der Waals surface area contributed by atoms with E-state index in [9.17, 15) is 4.79 Å². The molecule has 0 N–H and O–H groups in total. The van der Waals surface area contributed by atoms with Crippen molar-refractivity contribution < 1.29 is 19.0 Å². The molecule has 0 saturated carbocycles. The van der Waals surface area contributed by atoms with Crippen LogP contribution in [-0.4, -0.2) is 45.0 Å². The lowest BCUT2D eigenvalue weighted by atomic mass is 10.1. The highest BCUT2D eigenvalue weighted by molar-refractivity contribution is 6.19. The van der Waals surface area contributed by atoms with Crippen LogP contribution in [-0.2, 0) is 4.79 Å². The fourth-order valence-corrected chi connectivity index (χ4v) is 2.79. The van der Waals surface area contributed by atoms with Crippen molar-refractivity contribution in [2.75, 3.05) is 28.4 Å². The van der Waals surface area contributed by atoms with Crippen LogP contribution >= 0.6 is 0 Å². The molecule has 0 spiro atoms. The number of benzene rings is 2. The van der Waals surface area contributed by atoms with Crippen molar-refractivity contribution in [3.05, 3.63) is 59.3 Å². The number of amides is 1. The third kappa shape index (κ3) is 3.13. The van der Waals surface area contributed by atoms with E-state index >= 15 is 0 Å². The minimum Gasteiger partial charge on any atom is -0.493 e. The molecule has 6 heteroatoms. The first-order valence-electron chi connectivity index (χ1n) is 8.03. The number of ether oxygens (including phenoxy) is 3. The highest BCUT2D eigenvalue weighted by Gasteiger charge is 2.27. The molecule has 2 aromatic rings. The molecule has 1 aliphatic heterocycles. The predicted octanol–water partition coefficient (Wildman–Crippen LogP) is 2.97. The number of hydrogen-bond acceptors (Lipinski definition) is 5. The van der Waals surface area contributed by atoms with Crippen molar-refractivity contribution >= 4 is 17.8 Å². The lowest BCUT2D eigenvalue weighted by molar-refractivity contribution is -0.121. The lowest BCUT2D eigenvalue weighted by Crippen LogP contribution is -2.28. The average Bonchev–Trinajstić information content (AvgIpc) is 2.96. The third-order valence-corrected chi connectivity index (χ3v) is 4.09. The van der Waals surface area contributed by atoms with Crippen LogP contribution in [0.15, 0.2) is 53.2 Å². The first kappa shape index (κ1) is 17.5. The summed E-state index contributed by atoms with van der Waals surface area (Å²) in [6.45, 7) is 0. The van der Waals surface area contributed by atoms with Crippen LogP contribution in [0, 0.1) is 0 Å². The van der Waals surface area contributed by atoms with Gasteiger partial charge in [0.15, 0.2) is 11.5 Å². The number of amidine groups is 1. The molecule has 26 heavy (non-hydrogen) atoms. The molecule has 6 nitrogen and oxygen atoms in total. The number of nitrogens with zero attached hydrogens (tertiary/aromatic N) is 2. The number of carbonyl (C=O) groups is 1. The van der Waals surface area contributed by atoms with Gasteiger partial charge in [0.05, 0.1) is 21.3 Å². The van der Waals surface area contributed by atoms with Gasteiger partial charge >= 0.3 is 0 Å². The van der Waals surface area contributed by atoms with Crippen molar-refractivity contribution in [3.8, 4) is 17.2 Å². The lowest BCUT2D eigenvalue weighted by Gasteiger charge is -2.13. The summed E-state index contributed by atoms with van der Waals surface area (Å²) in [7, 11) is 6.36. The zero-order chi connectivity index (χ0) is 18.7. The van der Waals surface area contributed by atoms with Gasteiger partial charge in [0.25, 0.3) is 5.91 Å². The maximum Gasteiger partial charge on any atom is 0.277 e. The number of carbonyl (C=O) groups excluding carboxylic acids is 1. The van der Waals surface area contributed by atoms with Gasteiger partial charge in [-0.2, -0.15) is 0 Å². The van der Waals surface area contributed by atoms with Gasteiger partial charge in [-0.1, -0.05) is 30.3 Å². The van der Waals surface area contributed by atoms with Gasteiger partial charge < -0.3 is 14.2 Å². The number of rotatable bonds is 5. The summed E-state index contributed by atoms with van der Waals surface area (Å²) in [5.74, 6) is 1.99. The zero-order valence-corrected chi connectivity index (χ0v) is 15.1. The van der Waals surface area contributed by atoms with Gasteiger partial charge in [0.1, 0.15) is 11.5 Å². The second-order valence-corrected chi connectivity index (χ2v) is 5.65. The van der Waals surface area contributed by atoms with Gasteiger partial charge in [-0.3, -0.25) is 9.69 Å². The van der Waals surface area contributed by atoms with Crippen LogP contribution < -0.4 is 14.2 Å². The van der Waals surface area contributed by atoms with Crippen LogP contribution in [0.2, 0.25) is 0 Å². The van der Waals surface area contributed by atoms with Gasteiger partial charge in [-0.25, -0.2) is 4.99 Å². The van der Waals surface area contributed by atoms with Crippen molar-refractivity contribution in [3.63, 3.8) is 0 Å². The van der Waals surface area contributed by atoms with E-state index in [2.05, 4.69) is 4.99 Å². The molecule has 0 unspecified atom stereocenters. The summed E-state index contributed by atoms with van der Waals surface area (Å²) < 4.78 is 16.0. The minimum absolute atomic E-state index is 0.169. The van der Waals surface area contributed by atoms with E-state index in [0.29, 0.717) is 28.8 Å². The first-order valence-corrected chi connectivity index (χ1v) is 8.03. The fraction of sp³-hybridized carbons (Fsp3) is 0.200. The molecule has 1 aliphatic rings.